The fraction of sp³-hybridized carbons (Fsp3) is 0.875. The van der Waals surface area contributed by atoms with E-state index in [0.29, 0.717) is 39.1 Å². The quantitative estimate of drug-likeness (QED) is 0.256. The first-order chi connectivity index (χ1) is 14.7. The molecule has 3 amide bonds. The first kappa shape index (κ1) is 27.4. The highest BCUT2D eigenvalue weighted by Crippen LogP contribution is 2.35. The van der Waals surface area contributed by atoms with Crippen molar-refractivity contribution in [3.63, 3.8) is 0 Å². The van der Waals surface area contributed by atoms with Crippen LogP contribution in [0.3, 0.4) is 0 Å². The molecule has 0 spiro atoms. The summed E-state index contributed by atoms with van der Waals surface area (Å²) in [5.74, 6) is -0.797. The molecule has 1 heterocycles. The summed E-state index contributed by atoms with van der Waals surface area (Å²) in [6.07, 6.45) is 7.86. The normalized spacial score (nSPS) is 16.8. The van der Waals surface area contributed by atoms with E-state index in [4.69, 9.17) is 4.74 Å². The van der Waals surface area contributed by atoms with E-state index in [9.17, 15) is 19.5 Å². The molecule has 0 radical (unpaired) electrons. The number of likely N-dealkylation sites (N-methyl/N-ethyl adjacent to an activating group) is 1. The number of unbranched alkanes of at least 4 members (excludes halogenated alkanes) is 2. The molecule has 1 rings (SSSR count). The summed E-state index contributed by atoms with van der Waals surface area (Å²) < 4.78 is 5.75. The van der Waals surface area contributed by atoms with Gasteiger partial charge in [0.1, 0.15) is 6.54 Å². The Labute approximate surface area is 188 Å². The van der Waals surface area contributed by atoms with Crippen LogP contribution in [0.25, 0.3) is 0 Å². The van der Waals surface area contributed by atoms with E-state index in [1.165, 1.54) is 4.90 Å². The molecule has 7 heteroatoms. The minimum Gasteiger partial charge on any atom is -0.481 e. The topological polar surface area (TPSA) is 87.2 Å². The summed E-state index contributed by atoms with van der Waals surface area (Å²) in [6.45, 7) is 12.6. The van der Waals surface area contributed by atoms with E-state index in [2.05, 4.69) is 13.8 Å². The lowest BCUT2D eigenvalue weighted by atomic mass is 9.77. The summed E-state index contributed by atoms with van der Waals surface area (Å²) >= 11 is 0. The van der Waals surface area contributed by atoms with E-state index >= 15 is 0 Å². The highest BCUT2D eigenvalue weighted by molar-refractivity contribution is 6.02. The molecule has 1 aliphatic heterocycles. The van der Waals surface area contributed by atoms with Crippen molar-refractivity contribution in [3.05, 3.63) is 0 Å². The molecule has 1 fully saturated rings. The molecule has 1 unspecified atom stereocenters. The van der Waals surface area contributed by atoms with Gasteiger partial charge < -0.3 is 14.7 Å². The van der Waals surface area contributed by atoms with Gasteiger partial charge in [-0.05, 0) is 64.2 Å². The molecule has 0 aliphatic carbocycles. The zero-order valence-corrected chi connectivity index (χ0v) is 20.4. The summed E-state index contributed by atoms with van der Waals surface area (Å²) in [5, 5.41) is 9.31. The predicted octanol–water partition coefficient (Wildman–Crippen LogP) is 4.94. The SMILES string of the molecule is CCN1CC(=O)N(CC(CC)(CC)CCCCOCCCCC(C)(CC)C(=O)O)C1=O. The maximum absolute atomic E-state index is 12.5. The molecule has 1 atom stereocenters. The summed E-state index contributed by atoms with van der Waals surface area (Å²) in [4.78, 5) is 39.1. The molecule has 180 valence electrons. The third-order valence-electron chi connectivity index (χ3n) is 7.31. The van der Waals surface area contributed by atoms with Crippen LogP contribution in [0.5, 0.6) is 0 Å². The molecule has 0 saturated carbocycles. The molecule has 0 bridgehead atoms. The van der Waals surface area contributed by atoms with Crippen molar-refractivity contribution in [2.75, 3.05) is 32.8 Å². The largest absolute Gasteiger partial charge is 0.481 e. The van der Waals surface area contributed by atoms with Gasteiger partial charge in [-0.25, -0.2) is 4.79 Å². The fourth-order valence-electron chi connectivity index (χ4n) is 4.20. The van der Waals surface area contributed by atoms with E-state index < -0.39 is 11.4 Å². The molecule has 1 saturated heterocycles. The van der Waals surface area contributed by atoms with E-state index in [0.717, 1.165) is 44.9 Å². The Balaban J connectivity index is 2.31. The molecular weight excluding hydrogens is 396 g/mol. The summed E-state index contributed by atoms with van der Waals surface area (Å²) in [7, 11) is 0. The average molecular weight is 441 g/mol. The fourth-order valence-corrected chi connectivity index (χ4v) is 4.20. The van der Waals surface area contributed by atoms with E-state index in [1.54, 1.807) is 4.90 Å². The number of carbonyl (C=O) groups excluding carboxylic acids is 2. The number of urea groups is 1. The van der Waals surface area contributed by atoms with Crippen molar-refractivity contribution in [3.8, 4) is 0 Å². The Bertz CT molecular complexity index is 591. The minimum atomic E-state index is -0.717. The smallest absolute Gasteiger partial charge is 0.327 e. The Hall–Kier alpha value is -1.63. The zero-order chi connectivity index (χ0) is 23.5. The van der Waals surface area contributed by atoms with Crippen LogP contribution in [0, 0.1) is 10.8 Å². The van der Waals surface area contributed by atoms with Gasteiger partial charge in [0.2, 0.25) is 5.91 Å². The third kappa shape index (κ3) is 7.78. The highest BCUT2D eigenvalue weighted by atomic mass is 16.5. The molecular formula is C24H44N2O5. The number of carboxylic acid groups (broad SMARTS) is 1. The van der Waals surface area contributed by atoms with Crippen LogP contribution >= 0.6 is 0 Å². The second kappa shape index (κ2) is 13.0. The van der Waals surface area contributed by atoms with Gasteiger partial charge in [0.25, 0.3) is 0 Å². The van der Waals surface area contributed by atoms with Crippen LogP contribution in [0.4, 0.5) is 4.79 Å². The summed E-state index contributed by atoms with van der Waals surface area (Å²) in [5.41, 5.74) is -0.660. The molecule has 31 heavy (non-hydrogen) atoms. The monoisotopic (exact) mass is 440 g/mol. The molecule has 1 N–H and O–H groups in total. The lowest BCUT2D eigenvalue weighted by Gasteiger charge is -2.35. The number of carboxylic acids is 1. The number of imide groups is 1. The van der Waals surface area contributed by atoms with Gasteiger partial charge in [-0.1, -0.05) is 33.6 Å². The molecule has 0 aromatic carbocycles. The third-order valence-corrected chi connectivity index (χ3v) is 7.31. The van der Waals surface area contributed by atoms with Gasteiger partial charge in [0, 0.05) is 26.3 Å². The van der Waals surface area contributed by atoms with Crippen LogP contribution in [0.2, 0.25) is 0 Å². The second-order valence-corrected chi connectivity index (χ2v) is 9.23. The van der Waals surface area contributed by atoms with Gasteiger partial charge in [0.15, 0.2) is 0 Å². The Morgan fingerprint density at radius 1 is 0.968 bits per heavy atom. The van der Waals surface area contributed by atoms with Gasteiger partial charge in [0.05, 0.1) is 5.41 Å². The Kier molecular flexibility index (Phi) is 11.5. The zero-order valence-electron chi connectivity index (χ0n) is 20.4. The number of amides is 3. The Morgan fingerprint density at radius 2 is 1.55 bits per heavy atom. The molecule has 0 aromatic rings. The van der Waals surface area contributed by atoms with E-state index in [1.807, 2.05) is 20.8 Å². The van der Waals surface area contributed by atoms with Crippen molar-refractivity contribution in [2.24, 2.45) is 10.8 Å². The van der Waals surface area contributed by atoms with Gasteiger partial charge in [-0.3, -0.25) is 14.5 Å². The Morgan fingerprint density at radius 3 is 2.00 bits per heavy atom. The van der Waals surface area contributed by atoms with Crippen LogP contribution in [0.15, 0.2) is 0 Å². The van der Waals surface area contributed by atoms with Crippen molar-refractivity contribution < 1.29 is 24.2 Å². The minimum absolute atomic E-state index is 0.0312. The molecule has 0 aromatic heterocycles. The number of hydrogen-bond donors (Lipinski definition) is 1. The van der Waals surface area contributed by atoms with Crippen molar-refractivity contribution in [1.82, 2.24) is 9.80 Å². The number of hydrogen-bond acceptors (Lipinski definition) is 4. The number of carbonyl (C=O) groups is 3. The van der Waals surface area contributed by atoms with Crippen molar-refractivity contribution >= 4 is 17.9 Å². The lowest BCUT2D eigenvalue weighted by molar-refractivity contribution is -0.148. The number of ether oxygens (including phenoxy) is 1. The van der Waals surface area contributed by atoms with Crippen LogP contribution in [-0.4, -0.2) is 65.7 Å². The van der Waals surface area contributed by atoms with Crippen molar-refractivity contribution in [2.45, 2.75) is 92.4 Å². The van der Waals surface area contributed by atoms with Gasteiger partial charge in [-0.2, -0.15) is 0 Å². The highest BCUT2D eigenvalue weighted by Gasteiger charge is 2.40. The predicted molar refractivity (Wildman–Crippen MR) is 122 cm³/mol. The first-order valence-electron chi connectivity index (χ1n) is 12.1. The van der Waals surface area contributed by atoms with Gasteiger partial charge in [-0.15, -0.1) is 0 Å². The summed E-state index contributed by atoms with van der Waals surface area (Å²) in [6, 6.07) is -0.149. The van der Waals surface area contributed by atoms with Gasteiger partial charge >= 0.3 is 12.0 Å². The first-order valence-corrected chi connectivity index (χ1v) is 12.1. The maximum atomic E-state index is 12.5. The average Bonchev–Trinajstić information content (AvgIpc) is 3.03. The number of aliphatic carboxylic acids is 1. The molecule has 7 nitrogen and oxygen atoms in total. The van der Waals surface area contributed by atoms with Crippen LogP contribution in [-0.2, 0) is 14.3 Å². The molecule has 1 aliphatic rings. The van der Waals surface area contributed by atoms with Crippen LogP contribution < -0.4 is 0 Å². The lowest BCUT2D eigenvalue weighted by Crippen LogP contribution is -2.41. The number of rotatable bonds is 17. The van der Waals surface area contributed by atoms with Crippen molar-refractivity contribution in [1.29, 1.82) is 0 Å². The van der Waals surface area contributed by atoms with Crippen LogP contribution in [0.1, 0.15) is 92.4 Å². The number of nitrogens with zero attached hydrogens (tertiary/aromatic N) is 2. The van der Waals surface area contributed by atoms with E-state index in [-0.39, 0.29) is 23.9 Å². The second-order valence-electron chi connectivity index (χ2n) is 9.23. The maximum Gasteiger partial charge on any atom is 0.327 e. The standard InChI is InChI=1S/C24H44N2O5/c1-6-23(5,21(28)29)14-10-12-16-31-17-13-11-15-24(7-2,8-3)19-26-20(27)18-25(9-4)22(26)30/h6-19H2,1-5H3,(H,28,29).